The molecule has 19 heavy (non-hydrogen) atoms. The predicted octanol–water partition coefficient (Wildman–Crippen LogP) is 3.02. The van der Waals surface area contributed by atoms with Crippen LogP contribution in [0.1, 0.15) is 66.2 Å². The molecule has 3 aliphatic rings. The predicted molar refractivity (Wildman–Crippen MR) is 74.5 cm³/mol. The molecular formula is C16H27NO2. The summed E-state index contributed by atoms with van der Waals surface area (Å²) in [7, 11) is 0. The summed E-state index contributed by atoms with van der Waals surface area (Å²) in [6.07, 6.45) is 5.97. The Balaban J connectivity index is 2.08. The number of hydrogen-bond donors (Lipinski definition) is 1. The van der Waals surface area contributed by atoms with Gasteiger partial charge in [0.2, 0.25) is 0 Å². The van der Waals surface area contributed by atoms with E-state index in [1.807, 2.05) is 0 Å². The Bertz CT molecular complexity index is 432. The van der Waals surface area contributed by atoms with Crippen molar-refractivity contribution in [3.63, 3.8) is 0 Å². The van der Waals surface area contributed by atoms with Crippen LogP contribution in [-0.2, 0) is 9.53 Å². The van der Waals surface area contributed by atoms with E-state index in [1.165, 1.54) is 12.8 Å². The first-order chi connectivity index (χ1) is 8.65. The zero-order chi connectivity index (χ0) is 14.1. The van der Waals surface area contributed by atoms with Crippen LogP contribution in [-0.4, -0.2) is 17.1 Å². The lowest BCUT2D eigenvalue weighted by atomic mass is 9.42. The maximum atomic E-state index is 11.8. The van der Waals surface area contributed by atoms with Gasteiger partial charge in [0.25, 0.3) is 0 Å². The van der Waals surface area contributed by atoms with E-state index in [2.05, 4.69) is 27.7 Å². The van der Waals surface area contributed by atoms with Crippen molar-refractivity contribution >= 4 is 5.97 Å². The molecular weight excluding hydrogens is 238 g/mol. The Morgan fingerprint density at radius 2 is 1.79 bits per heavy atom. The van der Waals surface area contributed by atoms with Crippen molar-refractivity contribution in [3.8, 4) is 0 Å². The first kappa shape index (κ1) is 13.4. The fourth-order valence-electron chi connectivity index (χ4n) is 5.55. The number of esters is 1. The Morgan fingerprint density at radius 3 is 2.47 bits per heavy atom. The number of ether oxygens (including phenoxy) is 1. The molecule has 108 valence electrons. The Hall–Kier alpha value is -0.570. The molecule has 1 heterocycles. The van der Waals surface area contributed by atoms with E-state index in [1.54, 1.807) is 0 Å². The molecule has 0 unspecified atom stereocenters. The highest BCUT2D eigenvalue weighted by atomic mass is 16.6. The van der Waals surface area contributed by atoms with Crippen molar-refractivity contribution in [1.29, 1.82) is 0 Å². The van der Waals surface area contributed by atoms with Gasteiger partial charge in [-0.3, -0.25) is 4.79 Å². The smallest absolute Gasteiger partial charge is 0.306 e. The molecule has 3 nitrogen and oxygen atoms in total. The molecule has 3 rings (SSSR count). The Morgan fingerprint density at radius 1 is 1.11 bits per heavy atom. The van der Waals surface area contributed by atoms with Crippen molar-refractivity contribution in [2.24, 2.45) is 22.5 Å². The standard InChI is InChI=1S/C16H27NO2/c1-13(2)6-5-7-14(3)11-10-12(18)19-15(11,4)8-9-16(13,14)17/h11H,5-10,17H2,1-4H3/t11-,14-,15-,16-/m1/s1. The number of nitrogens with two attached hydrogens (primary N) is 1. The second-order valence-electron chi connectivity index (χ2n) is 8.17. The van der Waals surface area contributed by atoms with Gasteiger partial charge in [0.1, 0.15) is 5.60 Å². The summed E-state index contributed by atoms with van der Waals surface area (Å²) in [5, 5.41) is 0. The number of carbonyl (C=O) groups excluding carboxylic acids is 1. The van der Waals surface area contributed by atoms with E-state index in [-0.39, 0.29) is 33.9 Å². The van der Waals surface area contributed by atoms with Crippen molar-refractivity contribution in [2.45, 2.75) is 77.4 Å². The molecule has 0 aromatic rings. The van der Waals surface area contributed by atoms with Crippen molar-refractivity contribution < 1.29 is 9.53 Å². The highest BCUT2D eigenvalue weighted by Gasteiger charge is 2.68. The quantitative estimate of drug-likeness (QED) is 0.685. The molecule has 0 radical (unpaired) electrons. The fourth-order valence-corrected chi connectivity index (χ4v) is 5.55. The van der Waals surface area contributed by atoms with Crippen LogP contribution in [0, 0.1) is 16.7 Å². The molecule has 0 bridgehead atoms. The second-order valence-corrected chi connectivity index (χ2v) is 8.17. The van der Waals surface area contributed by atoms with Crippen LogP contribution in [0.15, 0.2) is 0 Å². The van der Waals surface area contributed by atoms with Gasteiger partial charge in [-0.2, -0.15) is 0 Å². The highest BCUT2D eigenvalue weighted by Crippen LogP contribution is 2.65. The van der Waals surface area contributed by atoms with E-state index in [4.69, 9.17) is 10.5 Å². The number of hydrogen-bond acceptors (Lipinski definition) is 3. The van der Waals surface area contributed by atoms with Crippen molar-refractivity contribution in [2.75, 3.05) is 0 Å². The monoisotopic (exact) mass is 265 g/mol. The molecule has 4 atom stereocenters. The summed E-state index contributed by atoms with van der Waals surface area (Å²) in [5.74, 6) is 0.257. The molecule has 1 aliphatic heterocycles. The first-order valence-electron chi connectivity index (χ1n) is 7.65. The van der Waals surface area contributed by atoms with E-state index in [0.717, 1.165) is 19.3 Å². The van der Waals surface area contributed by atoms with Gasteiger partial charge in [-0.05, 0) is 43.4 Å². The summed E-state index contributed by atoms with van der Waals surface area (Å²) in [4.78, 5) is 11.8. The summed E-state index contributed by atoms with van der Waals surface area (Å²) >= 11 is 0. The van der Waals surface area contributed by atoms with Crippen LogP contribution < -0.4 is 5.73 Å². The topological polar surface area (TPSA) is 52.3 Å². The maximum Gasteiger partial charge on any atom is 0.306 e. The van der Waals surface area contributed by atoms with Gasteiger partial charge in [0, 0.05) is 11.5 Å². The summed E-state index contributed by atoms with van der Waals surface area (Å²) < 4.78 is 5.69. The number of rotatable bonds is 0. The lowest BCUT2D eigenvalue weighted by Crippen LogP contribution is -2.72. The summed E-state index contributed by atoms with van der Waals surface area (Å²) in [5.41, 5.74) is 6.69. The second kappa shape index (κ2) is 3.55. The molecule has 2 N–H and O–H groups in total. The van der Waals surface area contributed by atoms with Gasteiger partial charge in [-0.25, -0.2) is 0 Å². The fraction of sp³-hybridized carbons (Fsp3) is 0.938. The van der Waals surface area contributed by atoms with Crippen molar-refractivity contribution in [1.82, 2.24) is 0 Å². The van der Waals surface area contributed by atoms with E-state index >= 15 is 0 Å². The van der Waals surface area contributed by atoms with Crippen LogP contribution >= 0.6 is 0 Å². The average Bonchev–Trinajstić information content (AvgIpc) is 2.60. The van der Waals surface area contributed by atoms with Gasteiger partial charge in [0.15, 0.2) is 0 Å². The molecule has 0 spiro atoms. The number of carbonyl (C=O) groups is 1. The Kier molecular flexibility index (Phi) is 2.50. The third kappa shape index (κ3) is 1.45. The minimum Gasteiger partial charge on any atom is -0.459 e. The third-order valence-corrected chi connectivity index (χ3v) is 6.96. The zero-order valence-corrected chi connectivity index (χ0v) is 12.7. The molecule has 0 aromatic heterocycles. The van der Waals surface area contributed by atoms with Crippen LogP contribution in [0.25, 0.3) is 0 Å². The molecule has 2 saturated carbocycles. The maximum absolute atomic E-state index is 11.8. The lowest BCUT2D eigenvalue weighted by molar-refractivity contribution is -0.171. The first-order valence-corrected chi connectivity index (χ1v) is 7.65. The lowest BCUT2D eigenvalue weighted by Gasteiger charge is -2.65. The van der Waals surface area contributed by atoms with E-state index in [9.17, 15) is 4.79 Å². The SMILES string of the molecule is CC1(C)CCC[C@]2(C)[C@H]3CC(=O)O[C@]3(C)CC[C@@]12N. The summed E-state index contributed by atoms with van der Waals surface area (Å²) in [6.45, 7) is 9.06. The van der Waals surface area contributed by atoms with Crippen LogP contribution in [0.4, 0.5) is 0 Å². The summed E-state index contributed by atoms with van der Waals surface area (Å²) in [6, 6.07) is 0. The largest absolute Gasteiger partial charge is 0.459 e. The van der Waals surface area contributed by atoms with Gasteiger partial charge in [-0.15, -0.1) is 0 Å². The van der Waals surface area contributed by atoms with Gasteiger partial charge in [-0.1, -0.05) is 27.2 Å². The van der Waals surface area contributed by atoms with Gasteiger partial charge < -0.3 is 10.5 Å². The third-order valence-electron chi connectivity index (χ3n) is 6.96. The molecule has 1 saturated heterocycles. The van der Waals surface area contributed by atoms with Gasteiger partial charge in [0.05, 0.1) is 6.42 Å². The average molecular weight is 265 g/mol. The van der Waals surface area contributed by atoms with Crippen LogP contribution in [0.3, 0.4) is 0 Å². The zero-order valence-electron chi connectivity index (χ0n) is 12.7. The van der Waals surface area contributed by atoms with E-state index < -0.39 is 0 Å². The van der Waals surface area contributed by atoms with E-state index in [0.29, 0.717) is 6.42 Å². The Labute approximate surface area is 116 Å². The molecule has 0 aromatic carbocycles. The van der Waals surface area contributed by atoms with Crippen LogP contribution in [0.5, 0.6) is 0 Å². The highest BCUT2D eigenvalue weighted by molar-refractivity contribution is 5.73. The number of fused-ring (bicyclic) bond motifs is 3. The molecule has 3 fully saturated rings. The van der Waals surface area contributed by atoms with Gasteiger partial charge >= 0.3 is 5.97 Å². The molecule has 2 aliphatic carbocycles. The minimum atomic E-state index is -0.276. The van der Waals surface area contributed by atoms with Crippen LogP contribution in [0.2, 0.25) is 0 Å². The normalized spacial score (nSPS) is 52.3. The molecule has 3 heteroatoms. The molecule has 0 amide bonds. The van der Waals surface area contributed by atoms with Crippen molar-refractivity contribution in [3.05, 3.63) is 0 Å². The minimum absolute atomic E-state index is 0.0217.